The molecule has 4 nitrogen and oxygen atoms in total. The van der Waals surface area contributed by atoms with E-state index in [2.05, 4.69) is 15.2 Å². The van der Waals surface area contributed by atoms with Crippen molar-refractivity contribution < 1.29 is 4.74 Å². The highest BCUT2D eigenvalue weighted by Gasteiger charge is 1.98. The molecule has 0 spiro atoms. The van der Waals surface area contributed by atoms with E-state index in [0.29, 0.717) is 0 Å². The molecule has 0 aliphatic rings. The minimum atomic E-state index is 0.734. The largest absolute Gasteiger partial charge is 0.384 e. The molecule has 0 aromatic carbocycles. The van der Waals surface area contributed by atoms with Gasteiger partial charge in [0.25, 0.3) is 0 Å². The van der Waals surface area contributed by atoms with Gasteiger partial charge in [0.15, 0.2) is 0 Å². The second-order valence-corrected chi connectivity index (χ2v) is 3.11. The summed E-state index contributed by atoms with van der Waals surface area (Å²) in [6.07, 6.45) is 0. The maximum Gasteiger partial charge on any atom is 0.208 e. The van der Waals surface area contributed by atoms with E-state index >= 15 is 0 Å². The van der Waals surface area contributed by atoms with Gasteiger partial charge in [-0.2, -0.15) is 0 Å². The Labute approximate surface area is 69.7 Å². The maximum atomic E-state index is 4.88. The van der Waals surface area contributed by atoms with Gasteiger partial charge in [0.05, 0.1) is 6.61 Å². The quantitative estimate of drug-likeness (QED) is 0.541. The average Bonchev–Trinajstić information content (AvgIpc) is 2.37. The predicted molar refractivity (Wildman–Crippen MR) is 43.7 cm³/mol. The van der Waals surface area contributed by atoms with Crippen LogP contribution in [-0.4, -0.2) is 34.7 Å². The van der Waals surface area contributed by atoms with Crippen LogP contribution in [0, 0.1) is 6.92 Å². The number of hydrogen-bond donors (Lipinski definition) is 1. The second kappa shape index (κ2) is 4.35. The van der Waals surface area contributed by atoms with Crippen LogP contribution in [0.25, 0.3) is 0 Å². The van der Waals surface area contributed by atoms with Gasteiger partial charge >= 0.3 is 0 Å². The fraction of sp³-hybridized carbons (Fsp3) is 0.667. The topological polar surface area (TPSA) is 50.8 Å². The molecule has 0 fully saturated rings. The van der Waals surface area contributed by atoms with E-state index in [0.717, 1.165) is 23.3 Å². The third kappa shape index (κ3) is 2.90. The van der Waals surface area contributed by atoms with Crippen LogP contribution in [0.2, 0.25) is 0 Å². The Kier molecular flexibility index (Phi) is 3.38. The summed E-state index contributed by atoms with van der Waals surface area (Å²) in [5, 5.41) is 7.52. The van der Waals surface area contributed by atoms with E-state index < -0.39 is 0 Å². The zero-order valence-electron chi connectivity index (χ0n) is 6.63. The Hall–Kier alpha value is -0.550. The summed E-state index contributed by atoms with van der Waals surface area (Å²) in [5.74, 6) is 1.75. The molecule has 1 rings (SSSR count). The molecule has 62 valence electrons. The highest BCUT2D eigenvalue weighted by molar-refractivity contribution is 7.99. The molecule has 0 aliphatic carbocycles. The SMILES string of the molecule is COCCSc1n[nH]c(C)n1. The first-order valence-electron chi connectivity index (χ1n) is 3.33. The minimum Gasteiger partial charge on any atom is -0.384 e. The van der Waals surface area contributed by atoms with Crippen LogP contribution in [0.3, 0.4) is 0 Å². The van der Waals surface area contributed by atoms with Crippen molar-refractivity contribution in [1.29, 1.82) is 0 Å². The van der Waals surface area contributed by atoms with Crippen LogP contribution in [0.5, 0.6) is 0 Å². The molecule has 0 atom stereocenters. The first kappa shape index (κ1) is 8.55. The van der Waals surface area contributed by atoms with Crippen molar-refractivity contribution >= 4 is 11.8 Å². The molecule has 0 saturated heterocycles. The molecular weight excluding hydrogens is 162 g/mol. The summed E-state index contributed by atoms with van der Waals surface area (Å²) >= 11 is 1.59. The Balaban J connectivity index is 2.27. The van der Waals surface area contributed by atoms with E-state index in [-0.39, 0.29) is 0 Å². The lowest BCUT2D eigenvalue weighted by molar-refractivity contribution is 0.218. The van der Waals surface area contributed by atoms with Gasteiger partial charge < -0.3 is 4.74 Å². The first-order valence-corrected chi connectivity index (χ1v) is 4.32. The number of nitrogens with zero attached hydrogens (tertiary/aromatic N) is 2. The molecule has 1 heterocycles. The molecule has 11 heavy (non-hydrogen) atoms. The van der Waals surface area contributed by atoms with Gasteiger partial charge in [-0.3, -0.25) is 5.10 Å². The molecule has 1 aromatic rings. The smallest absolute Gasteiger partial charge is 0.208 e. The number of rotatable bonds is 4. The van der Waals surface area contributed by atoms with Gasteiger partial charge in [0, 0.05) is 12.9 Å². The maximum absolute atomic E-state index is 4.88. The lowest BCUT2D eigenvalue weighted by Gasteiger charge is -1.93. The van der Waals surface area contributed by atoms with Crippen molar-refractivity contribution in [3.8, 4) is 0 Å². The Morgan fingerprint density at radius 3 is 3.00 bits per heavy atom. The summed E-state index contributed by atoms with van der Waals surface area (Å²) in [4.78, 5) is 4.12. The van der Waals surface area contributed by atoms with Crippen molar-refractivity contribution in [2.24, 2.45) is 0 Å². The normalized spacial score (nSPS) is 10.4. The van der Waals surface area contributed by atoms with Gasteiger partial charge in [-0.25, -0.2) is 4.98 Å². The third-order valence-electron chi connectivity index (χ3n) is 1.10. The van der Waals surface area contributed by atoms with Crippen molar-refractivity contribution in [3.05, 3.63) is 5.82 Å². The van der Waals surface area contributed by atoms with E-state index in [9.17, 15) is 0 Å². The zero-order valence-corrected chi connectivity index (χ0v) is 7.44. The van der Waals surface area contributed by atoms with Gasteiger partial charge in [-0.05, 0) is 6.92 Å². The van der Waals surface area contributed by atoms with Crippen molar-refractivity contribution in [1.82, 2.24) is 15.2 Å². The highest BCUT2D eigenvalue weighted by atomic mass is 32.2. The van der Waals surface area contributed by atoms with E-state index in [4.69, 9.17) is 4.74 Å². The fourth-order valence-corrected chi connectivity index (χ4v) is 1.35. The van der Waals surface area contributed by atoms with Gasteiger partial charge in [0.1, 0.15) is 5.82 Å². The summed E-state index contributed by atoms with van der Waals surface area (Å²) in [5.41, 5.74) is 0. The molecule has 0 radical (unpaired) electrons. The number of thioether (sulfide) groups is 1. The van der Waals surface area contributed by atoms with Crippen molar-refractivity contribution in [2.45, 2.75) is 12.1 Å². The summed E-state index contributed by atoms with van der Waals surface area (Å²) < 4.78 is 4.88. The van der Waals surface area contributed by atoms with Gasteiger partial charge in [-0.1, -0.05) is 11.8 Å². The molecule has 0 aliphatic heterocycles. The van der Waals surface area contributed by atoms with Crippen LogP contribution in [-0.2, 0) is 4.74 Å². The lowest BCUT2D eigenvalue weighted by Crippen LogP contribution is -1.91. The molecule has 0 amide bonds. The predicted octanol–water partition coefficient (Wildman–Crippen LogP) is 0.852. The highest BCUT2D eigenvalue weighted by Crippen LogP contribution is 2.10. The van der Waals surface area contributed by atoms with Gasteiger partial charge in [0.2, 0.25) is 5.16 Å². The number of aromatic nitrogens is 3. The van der Waals surface area contributed by atoms with Crippen LogP contribution < -0.4 is 0 Å². The number of hydrogen-bond acceptors (Lipinski definition) is 4. The number of ether oxygens (including phenoxy) is 1. The number of aryl methyl sites for hydroxylation is 1. The molecule has 1 aromatic heterocycles. The Morgan fingerprint density at radius 1 is 1.64 bits per heavy atom. The van der Waals surface area contributed by atoms with Crippen LogP contribution in [0.15, 0.2) is 5.16 Å². The van der Waals surface area contributed by atoms with Crippen LogP contribution in [0.4, 0.5) is 0 Å². The molecule has 0 unspecified atom stereocenters. The van der Waals surface area contributed by atoms with E-state index in [1.807, 2.05) is 6.92 Å². The number of nitrogens with one attached hydrogen (secondary N) is 1. The Bertz CT molecular complexity index is 213. The molecule has 0 bridgehead atoms. The van der Waals surface area contributed by atoms with E-state index in [1.165, 1.54) is 0 Å². The monoisotopic (exact) mass is 173 g/mol. The summed E-state index contributed by atoms with van der Waals surface area (Å²) in [6, 6.07) is 0. The summed E-state index contributed by atoms with van der Waals surface area (Å²) in [6.45, 7) is 2.62. The molecular formula is C6H11N3OS. The molecule has 0 saturated carbocycles. The zero-order chi connectivity index (χ0) is 8.10. The standard InChI is InChI=1S/C6H11N3OS/c1-5-7-6(9-8-5)11-4-3-10-2/h3-4H2,1-2H3,(H,7,8,9). The first-order chi connectivity index (χ1) is 5.33. The Morgan fingerprint density at radius 2 is 2.45 bits per heavy atom. The van der Waals surface area contributed by atoms with Crippen molar-refractivity contribution in [3.63, 3.8) is 0 Å². The molecule has 1 N–H and O–H groups in total. The fourth-order valence-electron chi connectivity index (χ4n) is 0.603. The average molecular weight is 173 g/mol. The third-order valence-corrected chi connectivity index (χ3v) is 1.91. The number of methoxy groups -OCH3 is 1. The lowest BCUT2D eigenvalue weighted by atomic mass is 10.8. The van der Waals surface area contributed by atoms with Crippen molar-refractivity contribution in [2.75, 3.05) is 19.5 Å². The van der Waals surface area contributed by atoms with Crippen LogP contribution >= 0.6 is 11.8 Å². The number of aromatic amines is 1. The number of H-pyrrole nitrogens is 1. The van der Waals surface area contributed by atoms with Crippen LogP contribution in [0.1, 0.15) is 5.82 Å². The molecule has 5 heteroatoms. The van der Waals surface area contributed by atoms with Gasteiger partial charge in [-0.15, -0.1) is 5.10 Å². The van der Waals surface area contributed by atoms with E-state index in [1.54, 1.807) is 18.9 Å². The second-order valence-electron chi connectivity index (χ2n) is 2.04. The summed E-state index contributed by atoms with van der Waals surface area (Å²) in [7, 11) is 1.68. The minimum absolute atomic E-state index is 0.734.